The molecule has 3 aromatic rings. The van der Waals surface area contributed by atoms with Crippen molar-refractivity contribution in [1.82, 2.24) is 0 Å². The van der Waals surface area contributed by atoms with Gasteiger partial charge in [0.05, 0.1) is 34.0 Å². The fourth-order valence-corrected chi connectivity index (χ4v) is 3.98. The van der Waals surface area contributed by atoms with Gasteiger partial charge in [0.2, 0.25) is 0 Å². The van der Waals surface area contributed by atoms with Gasteiger partial charge in [-0.05, 0) is 54.5 Å². The number of esters is 1. The van der Waals surface area contributed by atoms with Crippen LogP contribution in [0.1, 0.15) is 18.1 Å². The quantitative estimate of drug-likeness (QED) is 0.292. The maximum atomic E-state index is 13.4. The van der Waals surface area contributed by atoms with Crippen molar-refractivity contribution in [3.63, 3.8) is 0 Å². The monoisotopic (exact) mass is 493 g/mol. The van der Waals surface area contributed by atoms with Crippen LogP contribution in [0.5, 0.6) is 5.75 Å². The lowest BCUT2D eigenvalue weighted by Gasteiger charge is -2.18. The SMILES string of the molecule is COC(=O)C1=C(C)N(c2ccc(Cl)c(Cl)c2)C(=O)/C1=C\c1ccc(OCc2ccccc2)cc1. The Hall–Kier alpha value is -3.54. The van der Waals surface area contributed by atoms with E-state index < -0.39 is 5.97 Å². The first-order chi connectivity index (χ1) is 16.4. The normalized spacial score (nSPS) is 14.6. The number of allylic oxidation sites excluding steroid dienone is 1. The molecule has 1 heterocycles. The molecular weight excluding hydrogens is 473 g/mol. The second kappa shape index (κ2) is 10.2. The van der Waals surface area contributed by atoms with Crippen molar-refractivity contribution < 1.29 is 19.1 Å². The number of hydrogen-bond acceptors (Lipinski definition) is 4. The van der Waals surface area contributed by atoms with Crippen LogP contribution < -0.4 is 9.64 Å². The number of carbonyl (C=O) groups excluding carboxylic acids is 2. The maximum absolute atomic E-state index is 13.4. The smallest absolute Gasteiger partial charge is 0.340 e. The van der Waals surface area contributed by atoms with Gasteiger partial charge in [0.25, 0.3) is 5.91 Å². The molecule has 172 valence electrons. The van der Waals surface area contributed by atoms with Crippen molar-refractivity contribution in [3.8, 4) is 5.75 Å². The molecule has 0 aromatic heterocycles. The van der Waals surface area contributed by atoms with Crippen molar-refractivity contribution in [1.29, 1.82) is 0 Å². The lowest BCUT2D eigenvalue weighted by Crippen LogP contribution is -2.24. The number of hydrogen-bond donors (Lipinski definition) is 0. The van der Waals surface area contributed by atoms with E-state index in [1.807, 2.05) is 54.6 Å². The number of benzene rings is 3. The largest absolute Gasteiger partial charge is 0.489 e. The third kappa shape index (κ3) is 4.86. The molecule has 0 aliphatic carbocycles. The van der Waals surface area contributed by atoms with E-state index in [0.717, 1.165) is 11.1 Å². The number of halogens is 2. The van der Waals surface area contributed by atoms with Gasteiger partial charge in [0.1, 0.15) is 12.4 Å². The molecule has 0 unspecified atom stereocenters. The number of anilines is 1. The number of ether oxygens (including phenoxy) is 2. The molecule has 1 amide bonds. The van der Waals surface area contributed by atoms with Gasteiger partial charge in [-0.2, -0.15) is 0 Å². The Balaban J connectivity index is 1.62. The van der Waals surface area contributed by atoms with Crippen LogP contribution in [-0.4, -0.2) is 19.0 Å². The summed E-state index contributed by atoms with van der Waals surface area (Å²) in [5.41, 5.74) is 3.18. The average Bonchev–Trinajstić information content (AvgIpc) is 3.09. The van der Waals surface area contributed by atoms with E-state index in [9.17, 15) is 9.59 Å². The summed E-state index contributed by atoms with van der Waals surface area (Å²) in [6, 6.07) is 22.0. The molecule has 0 N–H and O–H groups in total. The van der Waals surface area contributed by atoms with Crippen LogP contribution in [0.15, 0.2) is 89.6 Å². The van der Waals surface area contributed by atoms with Gasteiger partial charge in [0.15, 0.2) is 0 Å². The first-order valence-electron chi connectivity index (χ1n) is 10.5. The molecule has 4 rings (SSSR count). The van der Waals surface area contributed by atoms with Crippen molar-refractivity contribution in [2.24, 2.45) is 0 Å². The van der Waals surface area contributed by atoms with E-state index in [4.69, 9.17) is 32.7 Å². The number of methoxy groups -OCH3 is 1. The second-order valence-corrected chi connectivity index (χ2v) is 8.41. The molecular formula is C27H21Cl2NO4. The fourth-order valence-electron chi connectivity index (χ4n) is 3.68. The summed E-state index contributed by atoms with van der Waals surface area (Å²) in [6.45, 7) is 2.14. The Bertz CT molecular complexity index is 1300. The average molecular weight is 494 g/mol. The Kier molecular flexibility index (Phi) is 7.06. The number of nitrogens with zero attached hydrogens (tertiary/aromatic N) is 1. The van der Waals surface area contributed by atoms with Gasteiger partial charge in [-0.3, -0.25) is 9.69 Å². The molecule has 1 aliphatic rings. The topological polar surface area (TPSA) is 55.8 Å². The Morgan fingerprint density at radius 1 is 0.971 bits per heavy atom. The highest BCUT2D eigenvalue weighted by Gasteiger charge is 2.38. The van der Waals surface area contributed by atoms with E-state index >= 15 is 0 Å². The third-order valence-electron chi connectivity index (χ3n) is 5.39. The van der Waals surface area contributed by atoms with E-state index in [1.165, 1.54) is 12.0 Å². The zero-order chi connectivity index (χ0) is 24.2. The van der Waals surface area contributed by atoms with Crippen LogP contribution in [0, 0.1) is 0 Å². The minimum Gasteiger partial charge on any atom is -0.489 e. The van der Waals surface area contributed by atoms with Gasteiger partial charge in [-0.25, -0.2) is 4.79 Å². The summed E-state index contributed by atoms with van der Waals surface area (Å²) in [6.07, 6.45) is 1.66. The van der Waals surface area contributed by atoms with Gasteiger partial charge in [0, 0.05) is 5.70 Å². The van der Waals surface area contributed by atoms with E-state index in [0.29, 0.717) is 33.8 Å². The number of amides is 1. The van der Waals surface area contributed by atoms with E-state index in [2.05, 4.69) is 0 Å². The van der Waals surface area contributed by atoms with Crippen LogP contribution in [0.25, 0.3) is 6.08 Å². The maximum Gasteiger partial charge on any atom is 0.340 e. The molecule has 1 aliphatic heterocycles. The van der Waals surface area contributed by atoms with Crippen LogP contribution in [-0.2, 0) is 20.9 Å². The van der Waals surface area contributed by atoms with Gasteiger partial charge in [-0.15, -0.1) is 0 Å². The first kappa shape index (κ1) is 23.6. The minimum atomic E-state index is -0.595. The highest BCUT2D eigenvalue weighted by Crippen LogP contribution is 2.37. The zero-order valence-corrected chi connectivity index (χ0v) is 20.1. The van der Waals surface area contributed by atoms with E-state index in [1.54, 1.807) is 31.2 Å². The summed E-state index contributed by atoms with van der Waals surface area (Å²) < 4.78 is 10.8. The molecule has 0 fully saturated rings. The summed E-state index contributed by atoms with van der Waals surface area (Å²) >= 11 is 12.2. The van der Waals surface area contributed by atoms with Crippen LogP contribution in [0.3, 0.4) is 0 Å². The molecule has 34 heavy (non-hydrogen) atoms. The van der Waals surface area contributed by atoms with Crippen molar-refractivity contribution in [3.05, 3.63) is 111 Å². The van der Waals surface area contributed by atoms with E-state index in [-0.39, 0.29) is 17.1 Å². The lowest BCUT2D eigenvalue weighted by molar-refractivity contribution is -0.136. The molecule has 0 radical (unpaired) electrons. The summed E-state index contributed by atoms with van der Waals surface area (Å²) in [5.74, 6) is -0.260. The molecule has 3 aromatic carbocycles. The standard InChI is InChI=1S/C27H21Cl2NO4/c1-17-25(27(32)33-2)22(26(31)30(17)20-10-13-23(28)24(29)15-20)14-18-8-11-21(12-9-18)34-16-19-6-4-3-5-7-19/h3-15H,16H2,1-2H3/b22-14-. The van der Waals surface area contributed by atoms with Crippen molar-refractivity contribution in [2.75, 3.05) is 12.0 Å². The predicted octanol–water partition coefficient (Wildman–Crippen LogP) is 6.45. The summed E-state index contributed by atoms with van der Waals surface area (Å²) in [4.78, 5) is 27.4. The summed E-state index contributed by atoms with van der Waals surface area (Å²) in [7, 11) is 1.28. The summed E-state index contributed by atoms with van der Waals surface area (Å²) in [5, 5.41) is 0.681. The third-order valence-corrected chi connectivity index (χ3v) is 6.13. The zero-order valence-electron chi connectivity index (χ0n) is 18.5. The molecule has 0 bridgehead atoms. The molecule has 5 nitrogen and oxygen atoms in total. The fraction of sp³-hybridized carbons (Fsp3) is 0.111. The molecule has 0 saturated heterocycles. The highest BCUT2D eigenvalue weighted by molar-refractivity contribution is 6.42. The molecule has 0 saturated carbocycles. The number of rotatable bonds is 6. The van der Waals surface area contributed by atoms with Crippen molar-refractivity contribution in [2.45, 2.75) is 13.5 Å². The second-order valence-electron chi connectivity index (χ2n) is 7.59. The first-order valence-corrected chi connectivity index (χ1v) is 11.2. The van der Waals surface area contributed by atoms with Crippen LogP contribution in [0.2, 0.25) is 10.0 Å². The van der Waals surface area contributed by atoms with Gasteiger partial charge in [-0.1, -0.05) is 65.7 Å². The predicted molar refractivity (Wildman–Crippen MR) is 134 cm³/mol. The minimum absolute atomic E-state index is 0.197. The van der Waals surface area contributed by atoms with Crippen LogP contribution >= 0.6 is 23.2 Å². The molecule has 0 spiro atoms. The molecule has 7 heteroatoms. The number of carbonyl (C=O) groups is 2. The Labute approximate surface area is 207 Å². The van der Waals surface area contributed by atoms with Gasteiger partial charge >= 0.3 is 5.97 Å². The Morgan fingerprint density at radius 2 is 1.68 bits per heavy atom. The highest BCUT2D eigenvalue weighted by atomic mass is 35.5. The lowest BCUT2D eigenvalue weighted by atomic mass is 10.0. The van der Waals surface area contributed by atoms with Crippen molar-refractivity contribution >= 4 is 46.8 Å². The van der Waals surface area contributed by atoms with Crippen LogP contribution in [0.4, 0.5) is 5.69 Å². The van der Waals surface area contributed by atoms with Gasteiger partial charge < -0.3 is 9.47 Å². The Morgan fingerprint density at radius 3 is 2.32 bits per heavy atom. The molecule has 0 atom stereocenters.